The molecule has 12 aromatic rings. The molecule has 0 nitrogen and oxygen atoms in total. The van der Waals surface area contributed by atoms with E-state index in [-0.39, 0.29) is 0 Å². The summed E-state index contributed by atoms with van der Waals surface area (Å²) in [5.74, 6) is 0. The Morgan fingerprint density at radius 2 is 0.450 bits per heavy atom. The molecule has 278 valence electrons. The van der Waals surface area contributed by atoms with Gasteiger partial charge in [0, 0.05) is 0 Å². The van der Waals surface area contributed by atoms with Gasteiger partial charge in [-0.25, -0.2) is 0 Å². The van der Waals surface area contributed by atoms with E-state index in [1.54, 1.807) is 0 Å². The van der Waals surface area contributed by atoms with Crippen LogP contribution >= 0.6 is 0 Å². The van der Waals surface area contributed by atoms with Gasteiger partial charge < -0.3 is 0 Å². The average Bonchev–Trinajstić information content (AvgIpc) is 3.33. The first-order valence-corrected chi connectivity index (χ1v) is 20.8. The van der Waals surface area contributed by atoms with Crippen molar-refractivity contribution in [2.45, 2.75) is 0 Å². The third-order valence-corrected chi connectivity index (χ3v) is 12.6. The second-order valence-corrected chi connectivity index (χ2v) is 16.0. The average molecular weight is 759 g/mol. The van der Waals surface area contributed by atoms with Gasteiger partial charge in [0.25, 0.3) is 0 Å². The summed E-state index contributed by atoms with van der Waals surface area (Å²) < 4.78 is 0. The van der Waals surface area contributed by atoms with Crippen LogP contribution in [0.1, 0.15) is 0 Å². The van der Waals surface area contributed by atoms with E-state index in [9.17, 15) is 0 Å². The monoisotopic (exact) mass is 758 g/mol. The smallest absolute Gasteiger partial charge is 0.00139 e. The summed E-state index contributed by atoms with van der Waals surface area (Å²) in [6, 6.07) is 85.3. The number of rotatable bonds is 6. The van der Waals surface area contributed by atoms with E-state index in [0.717, 1.165) is 0 Å². The third kappa shape index (κ3) is 5.69. The van der Waals surface area contributed by atoms with E-state index in [4.69, 9.17) is 0 Å². The van der Waals surface area contributed by atoms with Crippen molar-refractivity contribution in [3.8, 4) is 66.8 Å². The molecule has 12 aromatic carbocycles. The van der Waals surface area contributed by atoms with E-state index in [2.05, 4.69) is 231 Å². The predicted octanol–water partition coefficient (Wildman–Crippen LogP) is 16.9. The highest BCUT2D eigenvalue weighted by molar-refractivity contribution is 6.32. The minimum atomic E-state index is 1.21. The normalized spacial score (nSPS) is 11.7. The second-order valence-electron chi connectivity index (χ2n) is 16.0. The van der Waals surface area contributed by atoms with Crippen LogP contribution in [0.2, 0.25) is 0 Å². The highest BCUT2D eigenvalue weighted by Crippen LogP contribution is 2.49. The molecule has 0 radical (unpaired) electrons. The van der Waals surface area contributed by atoms with E-state index < -0.39 is 0 Å². The third-order valence-electron chi connectivity index (χ3n) is 12.6. The maximum Gasteiger partial charge on any atom is -0.00139 e. The fourth-order valence-electron chi connectivity index (χ4n) is 9.61. The van der Waals surface area contributed by atoms with Crippen molar-refractivity contribution in [2.24, 2.45) is 0 Å². The molecule has 0 bridgehead atoms. The van der Waals surface area contributed by atoms with Crippen LogP contribution in [-0.4, -0.2) is 0 Å². The van der Waals surface area contributed by atoms with E-state index in [0.29, 0.717) is 0 Å². The highest BCUT2D eigenvalue weighted by atomic mass is 14.2. The van der Waals surface area contributed by atoms with Gasteiger partial charge in [0.1, 0.15) is 0 Å². The maximum atomic E-state index is 2.44. The quantitative estimate of drug-likeness (QED) is 0.148. The largest absolute Gasteiger partial charge is 0.0622 e. The fraction of sp³-hybridized carbons (Fsp3) is 0. The number of fused-ring (bicyclic) bond motifs is 2. The summed E-state index contributed by atoms with van der Waals surface area (Å²) in [6.07, 6.45) is 0. The summed E-state index contributed by atoms with van der Waals surface area (Å²) in [7, 11) is 0. The van der Waals surface area contributed by atoms with Crippen LogP contribution in [0.4, 0.5) is 0 Å². The first kappa shape index (κ1) is 34.3. The lowest BCUT2D eigenvalue weighted by atomic mass is 9.81. The maximum absolute atomic E-state index is 2.44. The molecule has 12 rings (SSSR count). The fourth-order valence-corrected chi connectivity index (χ4v) is 9.61. The van der Waals surface area contributed by atoms with Gasteiger partial charge in [0.15, 0.2) is 0 Å². The zero-order chi connectivity index (χ0) is 39.6. The SMILES string of the molecule is c1ccc(-c2ccc(-c3cc(-c4ccc5ccccc5c4)c4ccc5c(-c6ccc(-c7ccccc7)cc6)cc(-c6ccc7ccccc7c6)c6ccc3c4c56)cc2)cc1. The van der Waals surface area contributed by atoms with Gasteiger partial charge in [-0.1, -0.05) is 206 Å². The highest BCUT2D eigenvalue weighted by Gasteiger charge is 2.21. The molecular formula is C60H38. The molecule has 0 aliphatic heterocycles. The number of benzene rings is 12. The van der Waals surface area contributed by atoms with E-state index >= 15 is 0 Å². The lowest BCUT2D eigenvalue weighted by molar-refractivity contribution is 1.60. The topological polar surface area (TPSA) is 0 Å². The van der Waals surface area contributed by atoms with Gasteiger partial charge in [0.2, 0.25) is 0 Å². The van der Waals surface area contributed by atoms with Crippen molar-refractivity contribution in [3.05, 3.63) is 231 Å². The van der Waals surface area contributed by atoms with Gasteiger partial charge >= 0.3 is 0 Å². The molecule has 0 saturated carbocycles. The Kier molecular flexibility index (Phi) is 7.96. The first-order valence-electron chi connectivity index (χ1n) is 20.8. The minimum Gasteiger partial charge on any atom is -0.0622 e. The van der Waals surface area contributed by atoms with Crippen molar-refractivity contribution in [1.29, 1.82) is 0 Å². The molecule has 60 heavy (non-hydrogen) atoms. The van der Waals surface area contributed by atoms with Gasteiger partial charge in [-0.15, -0.1) is 0 Å². The molecule has 0 heteroatoms. The lowest BCUT2D eigenvalue weighted by Gasteiger charge is -2.22. The molecule has 0 atom stereocenters. The minimum absolute atomic E-state index is 1.21. The first-order chi connectivity index (χ1) is 29.7. The van der Waals surface area contributed by atoms with E-state index in [1.807, 2.05) is 0 Å². The Labute approximate surface area is 349 Å². The van der Waals surface area contributed by atoms with E-state index in [1.165, 1.54) is 121 Å². The van der Waals surface area contributed by atoms with Gasteiger partial charge in [-0.2, -0.15) is 0 Å². The number of hydrogen-bond acceptors (Lipinski definition) is 0. The molecule has 0 N–H and O–H groups in total. The Balaban J connectivity index is 1.16. The summed E-state index contributed by atoms with van der Waals surface area (Å²) >= 11 is 0. The van der Waals surface area contributed by atoms with Crippen LogP contribution in [0.15, 0.2) is 231 Å². The molecule has 0 unspecified atom stereocenters. The zero-order valence-electron chi connectivity index (χ0n) is 32.9. The van der Waals surface area contributed by atoms with Gasteiger partial charge in [-0.3, -0.25) is 0 Å². The van der Waals surface area contributed by atoms with Gasteiger partial charge in [0.05, 0.1) is 0 Å². The van der Waals surface area contributed by atoms with Crippen molar-refractivity contribution in [3.63, 3.8) is 0 Å². The van der Waals surface area contributed by atoms with Crippen LogP contribution in [-0.2, 0) is 0 Å². The van der Waals surface area contributed by atoms with Crippen molar-refractivity contribution >= 4 is 53.9 Å². The molecule has 0 aromatic heterocycles. The standard InChI is InChI=1S/C60H38/c1-3-11-39(12-4-1)43-19-25-45(26-20-43)55-37-57(49-29-23-41-15-7-9-17-47(41)35-49)53-34-32-52-56(46-27-21-44(22-28-46)40-13-5-2-6-14-40)38-58(54-33-31-51(55)59(53)60(52)54)50-30-24-42-16-8-10-18-48(42)36-50/h1-38H. The predicted molar refractivity (Wildman–Crippen MR) is 258 cm³/mol. The van der Waals surface area contributed by atoms with Crippen molar-refractivity contribution in [1.82, 2.24) is 0 Å². The molecule has 0 heterocycles. The van der Waals surface area contributed by atoms with Crippen LogP contribution < -0.4 is 0 Å². The van der Waals surface area contributed by atoms with Crippen LogP contribution in [0.5, 0.6) is 0 Å². The Morgan fingerprint density at radius 3 is 0.833 bits per heavy atom. The Morgan fingerprint density at radius 1 is 0.167 bits per heavy atom. The molecule has 0 aliphatic rings. The van der Waals surface area contributed by atoms with Crippen LogP contribution in [0, 0.1) is 0 Å². The van der Waals surface area contributed by atoms with Crippen molar-refractivity contribution < 1.29 is 0 Å². The second kappa shape index (κ2) is 13.9. The summed E-state index contributed by atoms with van der Waals surface area (Å²) in [5.41, 5.74) is 14.7. The molecule has 0 fully saturated rings. The molecule has 0 saturated heterocycles. The van der Waals surface area contributed by atoms with Crippen LogP contribution in [0.3, 0.4) is 0 Å². The summed E-state index contributed by atoms with van der Waals surface area (Å²) in [4.78, 5) is 0. The Hall–Kier alpha value is -7.80. The van der Waals surface area contributed by atoms with Crippen LogP contribution in [0.25, 0.3) is 121 Å². The Bertz CT molecular complexity index is 3300. The molecule has 0 aliphatic carbocycles. The zero-order valence-corrected chi connectivity index (χ0v) is 32.9. The summed E-state index contributed by atoms with van der Waals surface area (Å²) in [6.45, 7) is 0. The lowest BCUT2D eigenvalue weighted by Crippen LogP contribution is -1.94. The van der Waals surface area contributed by atoms with Crippen molar-refractivity contribution in [2.75, 3.05) is 0 Å². The molecule has 0 amide bonds. The molecule has 0 spiro atoms. The molecular weight excluding hydrogens is 721 g/mol. The summed E-state index contributed by atoms with van der Waals surface area (Å²) in [5, 5.41) is 12.7. The number of hydrogen-bond donors (Lipinski definition) is 0. The van der Waals surface area contributed by atoms with Gasteiger partial charge in [-0.05, 0) is 145 Å².